The largest absolute Gasteiger partial charge is 0.480 e. The number of carboxylic acids is 1. The molecule has 1 aliphatic rings. The van der Waals surface area contributed by atoms with E-state index in [9.17, 15) is 14.4 Å². The van der Waals surface area contributed by atoms with E-state index in [1.165, 1.54) is 0 Å². The number of likely N-dealkylation sites (tertiary alicyclic amines) is 1. The van der Waals surface area contributed by atoms with E-state index in [1.807, 2.05) is 0 Å². The van der Waals surface area contributed by atoms with Gasteiger partial charge in [-0.25, -0.2) is 4.79 Å². The summed E-state index contributed by atoms with van der Waals surface area (Å²) >= 11 is 0. The number of urea groups is 1. The lowest BCUT2D eigenvalue weighted by Gasteiger charge is -2.27. The summed E-state index contributed by atoms with van der Waals surface area (Å²) in [6.07, 6.45) is 8.14. The van der Waals surface area contributed by atoms with Crippen molar-refractivity contribution in [2.24, 2.45) is 0 Å². The van der Waals surface area contributed by atoms with E-state index in [4.69, 9.17) is 11.5 Å². The summed E-state index contributed by atoms with van der Waals surface area (Å²) in [6, 6.07) is -0.643. The quantitative estimate of drug-likeness (QED) is 0.679. The third-order valence-corrected chi connectivity index (χ3v) is 3.00. The average Bonchev–Trinajstić information content (AvgIpc) is 2.44. The highest BCUT2D eigenvalue weighted by Gasteiger charge is 2.19. The molecule has 110 valence electrons. The molecule has 0 aromatic carbocycles. The summed E-state index contributed by atoms with van der Waals surface area (Å²) in [6.45, 7) is 0.666. The number of nitrogens with one attached hydrogen (secondary N) is 1. The molecule has 20 heavy (non-hydrogen) atoms. The predicted octanol–water partition coefficient (Wildman–Crippen LogP) is -0.272. The van der Waals surface area contributed by atoms with Gasteiger partial charge in [0.05, 0.1) is 13.1 Å². The molecule has 1 aliphatic heterocycles. The number of aliphatic carboxylic acids is 1. The van der Waals surface area contributed by atoms with Crippen molar-refractivity contribution in [1.82, 2.24) is 15.1 Å². The third kappa shape index (κ3) is 5.18. The average molecular weight is 281 g/mol. The van der Waals surface area contributed by atoms with Gasteiger partial charge in [-0.1, -0.05) is 5.92 Å². The smallest absolute Gasteiger partial charge is 0.323 e. The normalized spacial score (nSPS) is 14.2. The van der Waals surface area contributed by atoms with Crippen molar-refractivity contribution >= 4 is 17.9 Å². The van der Waals surface area contributed by atoms with E-state index in [0.717, 1.165) is 24.2 Å². The van der Waals surface area contributed by atoms with E-state index < -0.39 is 18.5 Å². The van der Waals surface area contributed by atoms with E-state index in [0.29, 0.717) is 13.1 Å². The molecule has 0 saturated carbocycles. The van der Waals surface area contributed by atoms with Gasteiger partial charge >= 0.3 is 12.0 Å². The first-order valence-corrected chi connectivity index (χ1v) is 6.50. The number of terminal acetylenes is 1. The Bertz CT molecular complexity index is 410. The molecule has 0 aromatic heterocycles. The number of hydrogen-bond acceptors (Lipinski definition) is 3. The molecule has 0 radical (unpaired) electrons. The van der Waals surface area contributed by atoms with Crippen molar-refractivity contribution < 1.29 is 19.5 Å². The van der Waals surface area contributed by atoms with Gasteiger partial charge < -0.3 is 20.2 Å². The van der Waals surface area contributed by atoms with Gasteiger partial charge in [0.25, 0.3) is 0 Å². The Morgan fingerprint density at radius 2 is 1.90 bits per heavy atom. The molecule has 0 atom stereocenters. The molecule has 0 unspecified atom stereocenters. The van der Waals surface area contributed by atoms with Crippen molar-refractivity contribution in [1.29, 1.82) is 0 Å². The predicted molar refractivity (Wildman–Crippen MR) is 71.9 cm³/mol. The molecule has 1 heterocycles. The summed E-state index contributed by atoms with van der Waals surface area (Å²) in [5, 5.41) is 11.1. The van der Waals surface area contributed by atoms with Crippen LogP contribution in [0.1, 0.15) is 19.3 Å². The minimum absolute atomic E-state index is 0.115. The summed E-state index contributed by atoms with van der Waals surface area (Å²) in [7, 11) is 0. The Morgan fingerprint density at radius 3 is 2.45 bits per heavy atom. The van der Waals surface area contributed by atoms with E-state index >= 15 is 0 Å². The van der Waals surface area contributed by atoms with Gasteiger partial charge in [0.1, 0.15) is 6.54 Å². The number of amides is 3. The maximum Gasteiger partial charge on any atom is 0.323 e. The summed E-state index contributed by atoms with van der Waals surface area (Å²) in [5.74, 6) is 0.898. The highest BCUT2D eigenvalue weighted by Crippen LogP contribution is 2.08. The maximum atomic E-state index is 11.8. The Hall–Kier alpha value is -2.23. The van der Waals surface area contributed by atoms with Gasteiger partial charge in [-0.05, 0) is 19.3 Å². The Morgan fingerprint density at radius 1 is 1.25 bits per heavy atom. The van der Waals surface area contributed by atoms with Gasteiger partial charge in [0.15, 0.2) is 0 Å². The van der Waals surface area contributed by atoms with Crippen LogP contribution in [0.15, 0.2) is 0 Å². The number of carboxylic acid groups (broad SMARTS) is 1. The standard InChI is InChI=1S/C13H19N3O4/c1-2-6-16(10-12(18)19)13(20)14-9-11(17)15-7-4-3-5-8-15/h1H,3-10H2,(H,14,20)(H,18,19). The van der Waals surface area contributed by atoms with Gasteiger partial charge in [-0.15, -0.1) is 6.42 Å². The van der Waals surface area contributed by atoms with Crippen LogP contribution in [-0.2, 0) is 9.59 Å². The van der Waals surface area contributed by atoms with Crippen molar-refractivity contribution in [3.8, 4) is 12.3 Å². The number of carbonyl (C=O) groups excluding carboxylic acids is 2. The highest BCUT2D eigenvalue weighted by atomic mass is 16.4. The van der Waals surface area contributed by atoms with Crippen LogP contribution in [0, 0.1) is 12.3 Å². The molecule has 1 fully saturated rings. The number of hydrogen-bond donors (Lipinski definition) is 2. The Balaban J connectivity index is 2.41. The van der Waals surface area contributed by atoms with Crippen molar-refractivity contribution in [2.75, 3.05) is 32.7 Å². The van der Waals surface area contributed by atoms with Crippen LogP contribution >= 0.6 is 0 Å². The Labute approximate surface area is 117 Å². The summed E-state index contributed by atoms with van der Waals surface area (Å²) < 4.78 is 0. The lowest BCUT2D eigenvalue weighted by atomic mass is 10.1. The summed E-state index contributed by atoms with van der Waals surface area (Å²) in [4.78, 5) is 36.9. The first-order valence-electron chi connectivity index (χ1n) is 6.50. The molecular weight excluding hydrogens is 262 g/mol. The van der Waals surface area contributed by atoms with Crippen LogP contribution in [0.4, 0.5) is 4.79 Å². The molecule has 2 N–H and O–H groups in total. The molecule has 0 spiro atoms. The second-order valence-corrected chi connectivity index (χ2v) is 4.55. The van der Waals surface area contributed by atoms with Crippen molar-refractivity contribution in [3.05, 3.63) is 0 Å². The minimum atomic E-state index is -1.15. The van der Waals surface area contributed by atoms with E-state index in [2.05, 4.69) is 11.2 Å². The van der Waals surface area contributed by atoms with E-state index in [1.54, 1.807) is 4.90 Å². The van der Waals surface area contributed by atoms with Crippen molar-refractivity contribution in [2.45, 2.75) is 19.3 Å². The molecule has 0 bridgehead atoms. The third-order valence-electron chi connectivity index (χ3n) is 3.00. The number of nitrogens with zero attached hydrogens (tertiary/aromatic N) is 2. The zero-order valence-corrected chi connectivity index (χ0v) is 11.3. The van der Waals surface area contributed by atoms with Crippen LogP contribution in [-0.4, -0.2) is 65.5 Å². The second kappa shape index (κ2) is 8.04. The monoisotopic (exact) mass is 281 g/mol. The topological polar surface area (TPSA) is 90.0 Å². The maximum absolute atomic E-state index is 11.8. The molecular formula is C13H19N3O4. The lowest BCUT2D eigenvalue weighted by molar-refractivity contribution is -0.137. The van der Waals surface area contributed by atoms with Gasteiger partial charge in [0.2, 0.25) is 5.91 Å². The van der Waals surface area contributed by atoms with Crippen molar-refractivity contribution in [3.63, 3.8) is 0 Å². The molecule has 0 aliphatic carbocycles. The zero-order valence-electron chi connectivity index (χ0n) is 11.3. The number of carbonyl (C=O) groups is 3. The zero-order chi connectivity index (χ0) is 15.0. The molecule has 7 nitrogen and oxygen atoms in total. The van der Waals surface area contributed by atoms with Gasteiger partial charge in [-0.3, -0.25) is 9.59 Å². The second-order valence-electron chi connectivity index (χ2n) is 4.55. The van der Waals surface area contributed by atoms with Gasteiger partial charge in [-0.2, -0.15) is 0 Å². The Kier molecular flexibility index (Phi) is 6.37. The first kappa shape index (κ1) is 15.8. The fraction of sp³-hybridized carbons (Fsp3) is 0.615. The molecule has 1 rings (SSSR count). The van der Waals surface area contributed by atoms with E-state index in [-0.39, 0.29) is 19.0 Å². The van der Waals surface area contributed by atoms with Crippen LogP contribution in [0.5, 0.6) is 0 Å². The van der Waals surface area contributed by atoms with Crippen LogP contribution in [0.3, 0.4) is 0 Å². The van der Waals surface area contributed by atoms with Crippen LogP contribution < -0.4 is 5.32 Å². The first-order chi connectivity index (χ1) is 9.54. The molecule has 0 aromatic rings. The highest BCUT2D eigenvalue weighted by molar-refractivity contribution is 5.85. The van der Waals surface area contributed by atoms with Crippen LogP contribution in [0.25, 0.3) is 0 Å². The number of rotatable bonds is 5. The lowest BCUT2D eigenvalue weighted by Crippen LogP contribution is -2.48. The fourth-order valence-corrected chi connectivity index (χ4v) is 1.99. The van der Waals surface area contributed by atoms with Gasteiger partial charge in [0, 0.05) is 13.1 Å². The number of piperidine rings is 1. The molecule has 7 heteroatoms. The molecule has 1 saturated heterocycles. The SMILES string of the molecule is C#CCN(CC(=O)O)C(=O)NCC(=O)N1CCCCC1. The molecule has 3 amide bonds. The minimum Gasteiger partial charge on any atom is -0.480 e. The fourth-order valence-electron chi connectivity index (χ4n) is 1.99. The van der Waals surface area contributed by atoms with Crippen LogP contribution in [0.2, 0.25) is 0 Å². The summed E-state index contributed by atoms with van der Waals surface area (Å²) in [5.41, 5.74) is 0.